The van der Waals surface area contributed by atoms with Crippen molar-refractivity contribution in [2.75, 3.05) is 13.2 Å². The molecule has 150 valence electrons. The van der Waals surface area contributed by atoms with Crippen LogP contribution >= 0.6 is 11.6 Å². The fourth-order valence-electron chi connectivity index (χ4n) is 4.62. The van der Waals surface area contributed by atoms with Gasteiger partial charge in [0.15, 0.2) is 0 Å². The number of hydrogen-bond acceptors (Lipinski definition) is 4. The topological polar surface area (TPSA) is 58.9 Å². The van der Waals surface area contributed by atoms with Gasteiger partial charge >= 0.3 is 0 Å². The van der Waals surface area contributed by atoms with E-state index in [0.29, 0.717) is 19.4 Å². The lowest BCUT2D eigenvalue weighted by molar-refractivity contribution is -0.177. The molecule has 1 aliphatic heterocycles. The molecule has 3 atom stereocenters. The summed E-state index contributed by atoms with van der Waals surface area (Å²) < 4.78 is 11.8. The van der Waals surface area contributed by atoms with E-state index in [1.807, 2.05) is 25.1 Å². The molecule has 2 aromatic carbocycles. The van der Waals surface area contributed by atoms with Gasteiger partial charge in [-0.15, -0.1) is 0 Å². The normalized spacial score (nSPS) is 26.4. The Bertz CT molecular complexity index is 835. The van der Waals surface area contributed by atoms with Crippen molar-refractivity contribution in [2.45, 2.75) is 56.8 Å². The molecule has 2 unspecified atom stereocenters. The van der Waals surface area contributed by atoms with Crippen molar-refractivity contribution in [3.8, 4) is 5.75 Å². The van der Waals surface area contributed by atoms with Crippen LogP contribution in [0.5, 0.6) is 5.75 Å². The zero-order valence-corrected chi connectivity index (χ0v) is 16.9. The molecule has 0 aromatic heterocycles. The molecular formula is C23H27ClO4. The second-order valence-corrected chi connectivity index (χ2v) is 8.27. The number of ether oxygens (including phenoxy) is 2. The van der Waals surface area contributed by atoms with Crippen molar-refractivity contribution >= 4 is 11.6 Å². The molecule has 1 spiro atoms. The van der Waals surface area contributed by atoms with E-state index in [9.17, 15) is 10.2 Å². The van der Waals surface area contributed by atoms with Crippen LogP contribution in [0.4, 0.5) is 0 Å². The third kappa shape index (κ3) is 3.79. The molecule has 0 bridgehead atoms. The predicted molar refractivity (Wildman–Crippen MR) is 109 cm³/mol. The van der Waals surface area contributed by atoms with Gasteiger partial charge in [-0.1, -0.05) is 29.8 Å². The van der Waals surface area contributed by atoms with Gasteiger partial charge in [0.2, 0.25) is 0 Å². The quantitative estimate of drug-likeness (QED) is 0.793. The molecule has 1 fully saturated rings. The van der Waals surface area contributed by atoms with Crippen LogP contribution in [0, 0.1) is 0 Å². The molecule has 5 heteroatoms. The summed E-state index contributed by atoms with van der Waals surface area (Å²) in [5, 5.41) is 20.7. The molecule has 4 nitrogen and oxygen atoms in total. The van der Waals surface area contributed by atoms with Gasteiger partial charge in [-0.25, -0.2) is 0 Å². The maximum Gasteiger partial charge on any atom is 0.119 e. The number of aryl methyl sites for hydroxylation is 1. The predicted octanol–water partition coefficient (Wildman–Crippen LogP) is 4.00. The van der Waals surface area contributed by atoms with Crippen LogP contribution in [0.1, 0.15) is 48.4 Å². The fraction of sp³-hybridized carbons (Fsp3) is 0.478. The lowest BCUT2D eigenvalue weighted by atomic mass is 9.84. The van der Waals surface area contributed by atoms with E-state index in [2.05, 4.69) is 18.2 Å². The maximum atomic E-state index is 10.4. The minimum atomic E-state index is -0.515. The van der Waals surface area contributed by atoms with E-state index in [4.69, 9.17) is 21.1 Å². The average Bonchev–Trinajstić information content (AvgIpc) is 2.99. The second-order valence-electron chi connectivity index (χ2n) is 7.86. The number of hydrogen-bond donors (Lipinski definition) is 2. The molecular weight excluding hydrogens is 376 g/mol. The Morgan fingerprint density at radius 2 is 2.04 bits per heavy atom. The first-order valence-corrected chi connectivity index (χ1v) is 10.4. The highest BCUT2D eigenvalue weighted by atomic mass is 35.5. The highest BCUT2D eigenvalue weighted by Gasteiger charge is 2.46. The Balaban J connectivity index is 1.63. The molecule has 0 radical (unpaired) electrons. The van der Waals surface area contributed by atoms with Crippen LogP contribution in [0.25, 0.3) is 0 Å². The average molecular weight is 403 g/mol. The zero-order chi connectivity index (χ0) is 19.7. The first kappa shape index (κ1) is 19.7. The van der Waals surface area contributed by atoms with Gasteiger partial charge in [0, 0.05) is 17.9 Å². The van der Waals surface area contributed by atoms with Crippen LogP contribution in [0.15, 0.2) is 36.4 Å². The minimum Gasteiger partial charge on any atom is -0.494 e. The molecule has 1 aliphatic carbocycles. The van der Waals surface area contributed by atoms with Crippen molar-refractivity contribution in [3.63, 3.8) is 0 Å². The number of fused-ring (bicyclic) bond motifs is 2. The summed E-state index contributed by atoms with van der Waals surface area (Å²) in [6.45, 7) is 2.55. The Labute approximate surface area is 171 Å². The summed E-state index contributed by atoms with van der Waals surface area (Å²) >= 11 is 6.60. The number of rotatable bonds is 5. The van der Waals surface area contributed by atoms with E-state index in [1.54, 1.807) is 0 Å². The molecule has 1 heterocycles. The standard InChI is InChI=1S/C23H27ClO4/c1-2-27-19-5-3-15(4-6-19)9-17-10-21-16(11-22(17)24)7-8-23(21)13-18(26)12-20(14-25)28-23/h3-6,10-11,18,20,25-26H,2,7-9,12-14H2,1H3/t18?,20?,23-/m1/s1. The van der Waals surface area contributed by atoms with Crippen molar-refractivity contribution < 1.29 is 19.7 Å². The number of halogens is 1. The van der Waals surface area contributed by atoms with Crippen molar-refractivity contribution in [3.05, 3.63) is 63.7 Å². The smallest absolute Gasteiger partial charge is 0.119 e. The minimum absolute atomic E-state index is 0.0687. The maximum absolute atomic E-state index is 10.4. The van der Waals surface area contributed by atoms with Crippen molar-refractivity contribution in [1.82, 2.24) is 0 Å². The lowest BCUT2D eigenvalue weighted by Gasteiger charge is -2.41. The Hall–Kier alpha value is -1.59. The monoisotopic (exact) mass is 402 g/mol. The van der Waals surface area contributed by atoms with Gasteiger partial charge in [-0.3, -0.25) is 0 Å². The molecule has 0 saturated carbocycles. The van der Waals surface area contributed by atoms with Gasteiger partial charge in [0.1, 0.15) is 5.75 Å². The summed E-state index contributed by atoms with van der Waals surface area (Å²) in [4.78, 5) is 0. The molecule has 28 heavy (non-hydrogen) atoms. The van der Waals surface area contributed by atoms with E-state index < -0.39 is 11.7 Å². The SMILES string of the molecule is CCOc1ccc(Cc2cc3c(cc2Cl)CC[C@@]32CC(O)CC(CO)O2)cc1. The summed E-state index contributed by atoms with van der Waals surface area (Å²) in [7, 11) is 0. The van der Waals surface area contributed by atoms with E-state index in [1.165, 1.54) is 5.56 Å². The van der Waals surface area contributed by atoms with Crippen LogP contribution in [-0.2, 0) is 23.2 Å². The largest absolute Gasteiger partial charge is 0.494 e. The third-order valence-corrected chi connectivity index (χ3v) is 6.24. The zero-order valence-electron chi connectivity index (χ0n) is 16.2. The molecule has 2 N–H and O–H groups in total. The van der Waals surface area contributed by atoms with Gasteiger partial charge in [-0.05, 0) is 66.6 Å². The van der Waals surface area contributed by atoms with Gasteiger partial charge in [0.25, 0.3) is 0 Å². The van der Waals surface area contributed by atoms with Gasteiger partial charge < -0.3 is 19.7 Å². The summed E-state index contributed by atoms with van der Waals surface area (Å²) in [6, 6.07) is 12.3. The van der Waals surface area contributed by atoms with Crippen molar-refractivity contribution in [2.24, 2.45) is 0 Å². The number of aliphatic hydroxyl groups is 2. The number of aliphatic hydroxyl groups excluding tert-OH is 2. The van der Waals surface area contributed by atoms with Crippen LogP contribution in [0.3, 0.4) is 0 Å². The molecule has 2 aliphatic rings. The second kappa shape index (κ2) is 8.03. The van der Waals surface area contributed by atoms with E-state index in [-0.39, 0.29) is 12.7 Å². The van der Waals surface area contributed by atoms with Crippen LogP contribution in [-0.4, -0.2) is 35.6 Å². The van der Waals surface area contributed by atoms with Crippen LogP contribution in [0.2, 0.25) is 5.02 Å². The van der Waals surface area contributed by atoms with Gasteiger partial charge in [0.05, 0.1) is 31.0 Å². The highest BCUT2D eigenvalue weighted by molar-refractivity contribution is 6.31. The molecule has 2 aromatic rings. The highest BCUT2D eigenvalue weighted by Crippen LogP contribution is 2.48. The van der Waals surface area contributed by atoms with Crippen LogP contribution < -0.4 is 4.74 Å². The first-order chi connectivity index (χ1) is 13.5. The summed E-state index contributed by atoms with van der Waals surface area (Å²) in [5.74, 6) is 0.866. The third-order valence-electron chi connectivity index (χ3n) is 5.89. The number of benzene rings is 2. The molecule has 0 amide bonds. The molecule has 1 saturated heterocycles. The Morgan fingerprint density at radius 3 is 2.75 bits per heavy atom. The lowest BCUT2D eigenvalue weighted by Crippen LogP contribution is -2.44. The Kier molecular flexibility index (Phi) is 5.66. The molecule has 4 rings (SSSR count). The van der Waals surface area contributed by atoms with E-state index >= 15 is 0 Å². The van der Waals surface area contributed by atoms with E-state index in [0.717, 1.165) is 46.7 Å². The Morgan fingerprint density at radius 1 is 1.25 bits per heavy atom. The van der Waals surface area contributed by atoms with Crippen molar-refractivity contribution in [1.29, 1.82) is 0 Å². The van der Waals surface area contributed by atoms with Gasteiger partial charge in [-0.2, -0.15) is 0 Å². The summed E-state index contributed by atoms with van der Waals surface area (Å²) in [6.07, 6.45) is 2.70. The first-order valence-electron chi connectivity index (χ1n) is 10.0. The fourth-order valence-corrected chi connectivity index (χ4v) is 4.87. The summed E-state index contributed by atoms with van der Waals surface area (Å²) in [5.41, 5.74) is 4.00.